The largest absolute Gasteiger partial charge is 0.504 e. The SMILES string of the molecule is COc1ccc(-c2oc3c(O)c(O)ccc3c(=O)c2O)cc1O. The van der Waals surface area contributed by atoms with Crippen LogP contribution in [-0.4, -0.2) is 27.5 Å². The van der Waals surface area contributed by atoms with Crippen molar-refractivity contribution in [2.75, 3.05) is 7.11 Å². The molecule has 0 aliphatic carbocycles. The molecular weight excluding hydrogens is 304 g/mol. The molecule has 4 N–H and O–H groups in total. The normalized spacial score (nSPS) is 10.8. The number of fused-ring (bicyclic) bond motifs is 1. The number of rotatable bonds is 2. The highest BCUT2D eigenvalue weighted by Crippen LogP contribution is 2.39. The third-order valence-electron chi connectivity index (χ3n) is 3.43. The average Bonchev–Trinajstić information content (AvgIpc) is 2.54. The van der Waals surface area contributed by atoms with Crippen LogP contribution >= 0.6 is 0 Å². The fourth-order valence-electron chi connectivity index (χ4n) is 2.25. The molecule has 1 heterocycles. The van der Waals surface area contributed by atoms with E-state index in [4.69, 9.17) is 9.15 Å². The second-order valence-corrected chi connectivity index (χ2v) is 4.81. The lowest BCUT2D eigenvalue weighted by atomic mass is 10.1. The van der Waals surface area contributed by atoms with Gasteiger partial charge >= 0.3 is 0 Å². The van der Waals surface area contributed by atoms with Crippen LogP contribution in [0.15, 0.2) is 39.5 Å². The fourth-order valence-corrected chi connectivity index (χ4v) is 2.25. The maximum absolute atomic E-state index is 12.2. The molecule has 0 bridgehead atoms. The Labute approximate surface area is 129 Å². The molecule has 7 heteroatoms. The molecule has 0 spiro atoms. The van der Waals surface area contributed by atoms with Gasteiger partial charge in [0.25, 0.3) is 0 Å². The molecule has 0 aliphatic heterocycles. The minimum Gasteiger partial charge on any atom is -0.504 e. The molecule has 0 unspecified atom stereocenters. The van der Waals surface area contributed by atoms with Gasteiger partial charge < -0.3 is 29.6 Å². The highest BCUT2D eigenvalue weighted by atomic mass is 16.5. The summed E-state index contributed by atoms with van der Waals surface area (Å²) in [6.45, 7) is 0. The number of aromatic hydroxyl groups is 4. The van der Waals surface area contributed by atoms with Crippen LogP contribution in [0, 0.1) is 0 Å². The Hall–Kier alpha value is -3.35. The zero-order valence-electron chi connectivity index (χ0n) is 11.9. The molecule has 7 nitrogen and oxygen atoms in total. The molecule has 0 aliphatic rings. The average molecular weight is 316 g/mol. The molecule has 0 saturated carbocycles. The maximum Gasteiger partial charge on any atom is 0.235 e. The quantitative estimate of drug-likeness (QED) is 0.535. The van der Waals surface area contributed by atoms with Gasteiger partial charge in [0.2, 0.25) is 16.9 Å². The monoisotopic (exact) mass is 316 g/mol. The van der Waals surface area contributed by atoms with Crippen LogP contribution in [0.25, 0.3) is 22.3 Å². The van der Waals surface area contributed by atoms with Gasteiger partial charge in [-0.2, -0.15) is 0 Å². The number of phenolic OH excluding ortho intramolecular Hbond substituents is 3. The first-order chi connectivity index (χ1) is 10.9. The number of hydrogen-bond acceptors (Lipinski definition) is 7. The highest BCUT2D eigenvalue weighted by molar-refractivity contribution is 5.88. The molecule has 3 rings (SSSR count). The molecule has 1 aromatic heterocycles. The highest BCUT2D eigenvalue weighted by Gasteiger charge is 2.19. The van der Waals surface area contributed by atoms with Crippen molar-refractivity contribution in [1.82, 2.24) is 0 Å². The molecule has 0 fully saturated rings. The third kappa shape index (κ3) is 2.18. The number of methoxy groups -OCH3 is 1. The summed E-state index contributed by atoms with van der Waals surface area (Å²) in [6.07, 6.45) is 0. The zero-order valence-corrected chi connectivity index (χ0v) is 11.9. The number of ether oxygens (including phenoxy) is 1. The zero-order chi connectivity index (χ0) is 16.7. The summed E-state index contributed by atoms with van der Waals surface area (Å²) in [6, 6.07) is 6.47. The topological polar surface area (TPSA) is 120 Å². The van der Waals surface area contributed by atoms with Crippen LogP contribution in [0.3, 0.4) is 0 Å². The standard InChI is InChI=1S/C16H12O7/c1-22-11-5-2-7(6-10(11)18)15-14(21)12(19)8-3-4-9(17)13(20)16(8)23-15/h2-6,17-18,20-21H,1H3. The van der Waals surface area contributed by atoms with E-state index in [0.29, 0.717) is 0 Å². The van der Waals surface area contributed by atoms with Crippen molar-refractivity contribution in [3.05, 3.63) is 40.6 Å². The summed E-state index contributed by atoms with van der Waals surface area (Å²) in [5.74, 6) is -2.01. The molecule has 0 atom stereocenters. The Morgan fingerprint density at radius 1 is 0.957 bits per heavy atom. The third-order valence-corrected chi connectivity index (χ3v) is 3.43. The fraction of sp³-hybridized carbons (Fsp3) is 0.0625. The van der Waals surface area contributed by atoms with Gasteiger partial charge in [-0.25, -0.2) is 0 Å². The van der Waals surface area contributed by atoms with Crippen molar-refractivity contribution in [2.24, 2.45) is 0 Å². The smallest absolute Gasteiger partial charge is 0.235 e. The molecule has 0 amide bonds. The van der Waals surface area contributed by atoms with Gasteiger partial charge in [0, 0.05) is 5.56 Å². The molecule has 0 saturated heterocycles. The summed E-state index contributed by atoms with van der Waals surface area (Å²) < 4.78 is 10.3. The lowest BCUT2D eigenvalue weighted by Gasteiger charge is -2.09. The molecular formula is C16H12O7. The van der Waals surface area contributed by atoms with Gasteiger partial charge in [-0.3, -0.25) is 4.79 Å². The number of phenols is 3. The van der Waals surface area contributed by atoms with Crippen LogP contribution in [0.2, 0.25) is 0 Å². The van der Waals surface area contributed by atoms with Crippen molar-refractivity contribution in [3.8, 4) is 40.1 Å². The van der Waals surface area contributed by atoms with Crippen LogP contribution in [0.5, 0.6) is 28.7 Å². The van der Waals surface area contributed by atoms with Crippen molar-refractivity contribution in [3.63, 3.8) is 0 Å². The van der Waals surface area contributed by atoms with E-state index in [9.17, 15) is 25.2 Å². The van der Waals surface area contributed by atoms with E-state index in [1.165, 1.54) is 31.4 Å². The van der Waals surface area contributed by atoms with Gasteiger partial charge in [-0.05, 0) is 30.3 Å². The lowest BCUT2D eigenvalue weighted by molar-refractivity contribution is 0.373. The molecule has 23 heavy (non-hydrogen) atoms. The van der Waals surface area contributed by atoms with E-state index >= 15 is 0 Å². The van der Waals surface area contributed by atoms with E-state index in [0.717, 1.165) is 6.07 Å². The van der Waals surface area contributed by atoms with Gasteiger partial charge in [-0.1, -0.05) is 0 Å². The first kappa shape index (κ1) is 14.6. The lowest BCUT2D eigenvalue weighted by Crippen LogP contribution is -2.02. The Morgan fingerprint density at radius 3 is 2.35 bits per heavy atom. The minimum absolute atomic E-state index is 0.0840. The first-order valence-corrected chi connectivity index (χ1v) is 6.52. The summed E-state index contributed by atoms with van der Waals surface area (Å²) in [5.41, 5.74) is -0.840. The van der Waals surface area contributed by atoms with Crippen molar-refractivity contribution in [1.29, 1.82) is 0 Å². The molecule has 118 valence electrons. The van der Waals surface area contributed by atoms with Crippen LogP contribution in [0.4, 0.5) is 0 Å². The van der Waals surface area contributed by atoms with E-state index < -0.39 is 22.7 Å². The van der Waals surface area contributed by atoms with Gasteiger partial charge in [0.05, 0.1) is 12.5 Å². The second kappa shape index (κ2) is 5.13. The van der Waals surface area contributed by atoms with Gasteiger partial charge in [-0.15, -0.1) is 0 Å². The van der Waals surface area contributed by atoms with E-state index in [1.54, 1.807) is 0 Å². The summed E-state index contributed by atoms with van der Waals surface area (Å²) in [4.78, 5) is 12.2. The number of benzene rings is 2. The minimum atomic E-state index is -0.771. The van der Waals surface area contributed by atoms with E-state index in [1.807, 2.05) is 0 Å². The second-order valence-electron chi connectivity index (χ2n) is 4.81. The Balaban J connectivity index is 2.34. The summed E-state index contributed by atoms with van der Waals surface area (Å²) in [5, 5.41) is 39.2. The predicted molar refractivity (Wildman–Crippen MR) is 81.1 cm³/mol. The van der Waals surface area contributed by atoms with Gasteiger partial charge in [0.1, 0.15) is 0 Å². The number of hydrogen-bond donors (Lipinski definition) is 4. The predicted octanol–water partition coefficient (Wildman–Crippen LogP) is 2.29. The first-order valence-electron chi connectivity index (χ1n) is 6.52. The van der Waals surface area contributed by atoms with Crippen molar-refractivity contribution < 1.29 is 29.6 Å². The summed E-state index contributed by atoms with van der Waals surface area (Å²) >= 11 is 0. The van der Waals surface area contributed by atoms with E-state index in [2.05, 4.69) is 0 Å². The maximum atomic E-state index is 12.2. The van der Waals surface area contributed by atoms with Crippen LogP contribution in [-0.2, 0) is 0 Å². The van der Waals surface area contributed by atoms with Crippen molar-refractivity contribution >= 4 is 11.0 Å². The van der Waals surface area contributed by atoms with Gasteiger partial charge in [0.15, 0.2) is 28.6 Å². The van der Waals surface area contributed by atoms with Crippen LogP contribution < -0.4 is 10.2 Å². The van der Waals surface area contributed by atoms with E-state index in [-0.39, 0.29) is 33.8 Å². The van der Waals surface area contributed by atoms with Crippen LogP contribution in [0.1, 0.15) is 0 Å². The molecule has 2 aromatic carbocycles. The molecule has 0 radical (unpaired) electrons. The summed E-state index contributed by atoms with van der Waals surface area (Å²) in [7, 11) is 1.38. The van der Waals surface area contributed by atoms with Crippen molar-refractivity contribution in [2.45, 2.75) is 0 Å². The Bertz CT molecular complexity index is 972. The Kier molecular flexibility index (Phi) is 3.25. The molecule has 3 aromatic rings. The Morgan fingerprint density at radius 2 is 1.70 bits per heavy atom.